The number of rotatable bonds is 4. The lowest BCUT2D eigenvalue weighted by atomic mass is 9.93. The topological polar surface area (TPSA) is 12.0 Å². The summed E-state index contributed by atoms with van der Waals surface area (Å²) in [7, 11) is 0. The summed E-state index contributed by atoms with van der Waals surface area (Å²) in [4.78, 5) is 2.81. The first-order valence-corrected chi connectivity index (χ1v) is 7.11. The standard InChI is InChI=1S/C15H17NS/c1-2-5-12(6-3-1)15-10-9-14(17-15)11-16-13-7-4-8-13/h1-3,5-6,9-10,13,16H,4,7-8,11H2. The maximum Gasteiger partial charge on any atom is 0.0346 e. The molecule has 1 aliphatic carbocycles. The number of hydrogen-bond donors (Lipinski definition) is 1. The van der Waals surface area contributed by atoms with Crippen LogP contribution in [0.4, 0.5) is 0 Å². The monoisotopic (exact) mass is 243 g/mol. The van der Waals surface area contributed by atoms with E-state index in [0.29, 0.717) is 0 Å². The Kier molecular flexibility index (Phi) is 3.25. The van der Waals surface area contributed by atoms with Crippen LogP contribution in [0.1, 0.15) is 24.1 Å². The molecule has 0 amide bonds. The Morgan fingerprint density at radius 1 is 1.06 bits per heavy atom. The van der Waals surface area contributed by atoms with E-state index in [4.69, 9.17) is 0 Å². The van der Waals surface area contributed by atoms with Gasteiger partial charge in [-0.05, 0) is 30.5 Å². The molecule has 1 aliphatic rings. The van der Waals surface area contributed by atoms with Crippen molar-refractivity contribution in [2.75, 3.05) is 0 Å². The largest absolute Gasteiger partial charge is 0.309 e. The molecule has 0 radical (unpaired) electrons. The summed E-state index contributed by atoms with van der Waals surface area (Å²) in [5, 5.41) is 3.61. The van der Waals surface area contributed by atoms with Crippen molar-refractivity contribution in [2.45, 2.75) is 31.8 Å². The third kappa shape index (κ3) is 2.59. The van der Waals surface area contributed by atoms with Gasteiger partial charge in [-0.2, -0.15) is 0 Å². The van der Waals surface area contributed by atoms with E-state index in [1.165, 1.54) is 34.6 Å². The van der Waals surface area contributed by atoms with Crippen LogP contribution in [-0.2, 0) is 6.54 Å². The average molecular weight is 243 g/mol. The van der Waals surface area contributed by atoms with Gasteiger partial charge >= 0.3 is 0 Å². The van der Waals surface area contributed by atoms with Gasteiger partial charge in [0.05, 0.1) is 0 Å². The fourth-order valence-corrected chi connectivity index (χ4v) is 3.05. The molecule has 1 aromatic heterocycles. The third-order valence-electron chi connectivity index (χ3n) is 3.39. The third-order valence-corrected chi connectivity index (χ3v) is 4.52. The fourth-order valence-electron chi connectivity index (χ4n) is 2.09. The van der Waals surface area contributed by atoms with Crippen molar-refractivity contribution in [3.8, 4) is 10.4 Å². The molecule has 1 aromatic carbocycles. The zero-order valence-electron chi connectivity index (χ0n) is 9.86. The summed E-state index contributed by atoms with van der Waals surface area (Å²) in [5.41, 5.74) is 1.33. The van der Waals surface area contributed by atoms with Crippen LogP contribution >= 0.6 is 11.3 Å². The van der Waals surface area contributed by atoms with Gasteiger partial charge in [-0.1, -0.05) is 36.8 Å². The Bertz CT molecular complexity index is 471. The number of benzene rings is 1. The maximum atomic E-state index is 3.61. The van der Waals surface area contributed by atoms with E-state index >= 15 is 0 Å². The highest BCUT2D eigenvalue weighted by Gasteiger charge is 2.16. The first-order valence-electron chi connectivity index (χ1n) is 6.29. The van der Waals surface area contributed by atoms with E-state index < -0.39 is 0 Å². The van der Waals surface area contributed by atoms with Crippen LogP contribution in [0, 0.1) is 0 Å². The lowest BCUT2D eigenvalue weighted by Gasteiger charge is -2.26. The van der Waals surface area contributed by atoms with Crippen LogP contribution in [0.2, 0.25) is 0 Å². The summed E-state index contributed by atoms with van der Waals surface area (Å²) in [6.07, 6.45) is 4.12. The Labute approximate surface area is 106 Å². The van der Waals surface area contributed by atoms with Crippen LogP contribution in [0.15, 0.2) is 42.5 Å². The minimum Gasteiger partial charge on any atom is -0.309 e. The molecule has 1 saturated carbocycles. The van der Waals surface area contributed by atoms with Gasteiger partial charge in [0.2, 0.25) is 0 Å². The Morgan fingerprint density at radius 3 is 2.59 bits per heavy atom. The van der Waals surface area contributed by atoms with Crippen LogP contribution in [0.25, 0.3) is 10.4 Å². The molecule has 88 valence electrons. The van der Waals surface area contributed by atoms with E-state index in [1.807, 2.05) is 11.3 Å². The highest BCUT2D eigenvalue weighted by molar-refractivity contribution is 7.15. The summed E-state index contributed by atoms with van der Waals surface area (Å²) in [6.45, 7) is 1.03. The Morgan fingerprint density at radius 2 is 1.88 bits per heavy atom. The van der Waals surface area contributed by atoms with Crippen LogP contribution < -0.4 is 5.32 Å². The van der Waals surface area contributed by atoms with Crippen molar-refractivity contribution < 1.29 is 0 Å². The summed E-state index contributed by atoms with van der Waals surface area (Å²) < 4.78 is 0. The normalized spacial score (nSPS) is 15.8. The van der Waals surface area contributed by atoms with Gasteiger partial charge in [0, 0.05) is 22.3 Å². The van der Waals surface area contributed by atoms with E-state index in [2.05, 4.69) is 47.8 Å². The summed E-state index contributed by atoms with van der Waals surface area (Å²) in [6, 6.07) is 15.9. The molecule has 2 heteroatoms. The van der Waals surface area contributed by atoms with Crippen molar-refractivity contribution in [1.29, 1.82) is 0 Å². The second-order valence-electron chi connectivity index (χ2n) is 4.64. The molecular weight excluding hydrogens is 226 g/mol. The fraction of sp³-hybridized carbons (Fsp3) is 0.333. The van der Waals surface area contributed by atoms with Gasteiger partial charge in [-0.3, -0.25) is 0 Å². The van der Waals surface area contributed by atoms with Crippen molar-refractivity contribution in [3.63, 3.8) is 0 Å². The molecule has 0 saturated heterocycles. The number of thiophene rings is 1. The Hall–Kier alpha value is -1.12. The maximum absolute atomic E-state index is 3.61. The van der Waals surface area contributed by atoms with E-state index in [-0.39, 0.29) is 0 Å². The quantitative estimate of drug-likeness (QED) is 0.854. The van der Waals surface area contributed by atoms with Crippen LogP contribution in [0.3, 0.4) is 0 Å². The van der Waals surface area contributed by atoms with Crippen LogP contribution in [-0.4, -0.2) is 6.04 Å². The molecule has 0 spiro atoms. The molecule has 0 atom stereocenters. The predicted octanol–water partition coefficient (Wildman–Crippen LogP) is 4.06. The first-order chi connectivity index (χ1) is 8.42. The number of nitrogens with one attached hydrogen (secondary N) is 1. The minimum absolute atomic E-state index is 0.775. The first kappa shape index (κ1) is 11.0. The molecule has 3 rings (SSSR count). The SMILES string of the molecule is c1ccc(-c2ccc(CNC3CCC3)s2)cc1. The van der Waals surface area contributed by atoms with E-state index in [0.717, 1.165) is 12.6 Å². The lowest BCUT2D eigenvalue weighted by Crippen LogP contribution is -2.34. The molecule has 1 heterocycles. The average Bonchev–Trinajstić information content (AvgIpc) is 2.77. The minimum atomic E-state index is 0.775. The van der Waals surface area contributed by atoms with Crippen molar-refractivity contribution >= 4 is 11.3 Å². The summed E-state index contributed by atoms with van der Waals surface area (Å²) in [5.74, 6) is 0. The zero-order valence-corrected chi connectivity index (χ0v) is 10.7. The zero-order chi connectivity index (χ0) is 11.5. The van der Waals surface area contributed by atoms with E-state index in [1.54, 1.807) is 0 Å². The highest BCUT2D eigenvalue weighted by atomic mass is 32.1. The summed E-state index contributed by atoms with van der Waals surface area (Å²) >= 11 is 1.90. The molecule has 0 bridgehead atoms. The lowest BCUT2D eigenvalue weighted by molar-refractivity contribution is 0.339. The van der Waals surface area contributed by atoms with Gasteiger partial charge in [-0.25, -0.2) is 0 Å². The van der Waals surface area contributed by atoms with Crippen LogP contribution in [0.5, 0.6) is 0 Å². The molecule has 1 fully saturated rings. The van der Waals surface area contributed by atoms with Gasteiger partial charge in [-0.15, -0.1) is 11.3 Å². The smallest absolute Gasteiger partial charge is 0.0346 e. The highest BCUT2D eigenvalue weighted by Crippen LogP contribution is 2.28. The molecule has 2 aromatic rings. The second kappa shape index (κ2) is 5.03. The van der Waals surface area contributed by atoms with Crippen molar-refractivity contribution in [1.82, 2.24) is 5.32 Å². The van der Waals surface area contributed by atoms with E-state index in [9.17, 15) is 0 Å². The molecule has 1 nitrogen and oxygen atoms in total. The van der Waals surface area contributed by atoms with Gasteiger partial charge in [0.1, 0.15) is 0 Å². The molecule has 0 aliphatic heterocycles. The molecular formula is C15H17NS. The van der Waals surface area contributed by atoms with Crippen molar-refractivity contribution in [3.05, 3.63) is 47.3 Å². The molecule has 1 N–H and O–H groups in total. The Balaban J connectivity index is 1.65. The van der Waals surface area contributed by atoms with Gasteiger partial charge in [0.25, 0.3) is 0 Å². The van der Waals surface area contributed by atoms with Crippen molar-refractivity contribution in [2.24, 2.45) is 0 Å². The molecule has 0 unspecified atom stereocenters. The van der Waals surface area contributed by atoms with Gasteiger partial charge < -0.3 is 5.32 Å². The second-order valence-corrected chi connectivity index (χ2v) is 5.81. The molecule has 17 heavy (non-hydrogen) atoms. The number of hydrogen-bond acceptors (Lipinski definition) is 2. The predicted molar refractivity (Wildman–Crippen MR) is 74.2 cm³/mol. The van der Waals surface area contributed by atoms with Gasteiger partial charge in [0.15, 0.2) is 0 Å².